The molecule has 0 bridgehead atoms. The molecule has 1 aromatic rings. The van der Waals surface area contributed by atoms with Crippen LogP contribution >= 0.6 is 0 Å². The number of halogens is 3. The van der Waals surface area contributed by atoms with Crippen molar-refractivity contribution in [1.82, 2.24) is 0 Å². The van der Waals surface area contributed by atoms with Gasteiger partial charge < -0.3 is 4.55 Å². The largest absolute Gasteiger partial charge is 1.00 e. The Balaban J connectivity index is 0.00000144. The predicted molar refractivity (Wildman–Crippen MR) is 33.5 cm³/mol. The molecule has 0 saturated carbocycles. The van der Waals surface area contributed by atoms with E-state index in [1.807, 2.05) is 0 Å². The quantitative estimate of drug-likeness (QED) is 0.322. The van der Waals surface area contributed by atoms with Crippen molar-refractivity contribution >= 4 is 11.1 Å². The van der Waals surface area contributed by atoms with Crippen molar-refractivity contribution in [3.05, 3.63) is 29.6 Å². The third-order valence-corrected chi connectivity index (χ3v) is 1.85. The van der Waals surface area contributed by atoms with Crippen LogP contribution in [0.4, 0.5) is 13.2 Å². The summed E-state index contributed by atoms with van der Waals surface area (Å²) in [6.45, 7) is 0. The predicted octanol–water partition coefficient (Wildman–Crippen LogP) is -1.65. The van der Waals surface area contributed by atoms with Gasteiger partial charge in [0.25, 0.3) is 0 Å². The zero-order valence-electron chi connectivity index (χ0n) is 6.51. The third-order valence-electron chi connectivity index (χ3n) is 1.18. The molecule has 0 fully saturated rings. The summed E-state index contributed by atoms with van der Waals surface area (Å²) in [5.74, 6) is -4.89. The van der Waals surface area contributed by atoms with Crippen molar-refractivity contribution < 1.29 is 51.5 Å². The number of rotatable bonds is 1. The van der Waals surface area contributed by atoms with Gasteiger partial charge in [0.15, 0.2) is 17.5 Å². The van der Waals surface area contributed by atoms with E-state index in [9.17, 15) is 21.9 Å². The molecule has 0 N–H and O–H groups in total. The van der Waals surface area contributed by atoms with E-state index in [0.29, 0.717) is 12.1 Å². The summed E-state index contributed by atoms with van der Waals surface area (Å²) < 4.78 is 57.4. The van der Waals surface area contributed by atoms with Gasteiger partial charge in [0.2, 0.25) is 0 Å². The first-order chi connectivity index (χ1) is 5.54. The van der Waals surface area contributed by atoms with Gasteiger partial charge in [0.1, 0.15) is 0 Å². The van der Waals surface area contributed by atoms with Crippen LogP contribution < -0.4 is 29.6 Å². The fourth-order valence-corrected chi connectivity index (χ4v) is 1.05. The molecule has 2 nitrogen and oxygen atoms in total. The zero-order chi connectivity index (χ0) is 9.30. The first-order valence-corrected chi connectivity index (χ1v) is 3.84. The minimum absolute atomic E-state index is 0. The van der Waals surface area contributed by atoms with E-state index in [1.54, 1.807) is 0 Å². The van der Waals surface area contributed by atoms with Crippen molar-refractivity contribution in [2.45, 2.75) is 4.90 Å². The number of benzene rings is 1. The second kappa shape index (κ2) is 5.11. The van der Waals surface area contributed by atoms with Gasteiger partial charge in [-0.1, -0.05) is 0 Å². The summed E-state index contributed by atoms with van der Waals surface area (Å²) in [6.07, 6.45) is 0. The standard InChI is InChI=1S/C6H3F3O2S.Na/c7-3-1-2-4(12(10)11)6(9)5(3)8;/h1-2H,(H,10,11);/q;+1/p-1. The monoisotopic (exact) mass is 218 g/mol. The maximum Gasteiger partial charge on any atom is 1.00 e. The second-order valence-corrected chi connectivity index (χ2v) is 2.82. The molecule has 1 atom stereocenters. The van der Waals surface area contributed by atoms with Crippen LogP contribution in [-0.2, 0) is 11.1 Å². The number of hydrogen-bond acceptors (Lipinski definition) is 2. The summed E-state index contributed by atoms with van der Waals surface area (Å²) in [5, 5.41) is 0. The van der Waals surface area contributed by atoms with Gasteiger partial charge in [0.05, 0.1) is 4.90 Å². The minimum Gasteiger partial charge on any atom is -0.768 e. The van der Waals surface area contributed by atoms with Crippen molar-refractivity contribution in [1.29, 1.82) is 0 Å². The molecule has 1 aromatic carbocycles. The average Bonchev–Trinajstić information content (AvgIpc) is 2.00. The Labute approximate surface area is 96.7 Å². The SMILES string of the molecule is O=S([O-])c1ccc(F)c(F)c1F.[Na+]. The van der Waals surface area contributed by atoms with Crippen LogP contribution in [0.5, 0.6) is 0 Å². The van der Waals surface area contributed by atoms with Gasteiger partial charge >= 0.3 is 29.6 Å². The fraction of sp³-hybridized carbons (Fsp3) is 0. The van der Waals surface area contributed by atoms with E-state index in [1.165, 1.54) is 0 Å². The summed E-state index contributed by atoms with van der Waals surface area (Å²) in [5.41, 5.74) is 0. The topological polar surface area (TPSA) is 40.1 Å². The molecule has 0 amide bonds. The molecule has 0 aromatic heterocycles. The average molecular weight is 218 g/mol. The summed E-state index contributed by atoms with van der Waals surface area (Å²) in [6, 6.07) is 1.19. The van der Waals surface area contributed by atoms with E-state index in [0.717, 1.165) is 0 Å². The molecule has 0 aliphatic rings. The molecule has 7 heteroatoms. The molecule has 0 aliphatic heterocycles. The van der Waals surface area contributed by atoms with Crippen molar-refractivity contribution in [2.75, 3.05) is 0 Å². The Morgan fingerprint density at radius 1 is 1.15 bits per heavy atom. The van der Waals surface area contributed by atoms with E-state index < -0.39 is 33.4 Å². The molecule has 0 spiro atoms. The summed E-state index contributed by atoms with van der Waals surface area (Å²) in [7, 11) is 0. The van der Waals surface area contributed by atoms with Crippen LogP contribution in [0.1, 0.15) is 0 Å². The van der Waals surface area contributed by atoms with Crippen LogP contribution in [0.25, 0.3) is 0 Å². The van der Waals surface area contributed by atoms with Gasteiger partial charge in [-0.05, 0) is 23.2 Å². The molecule has 66 valence electrons. The Morgan fingerprint density at radius 3 is 2.15 bits per heavy atom. The van der Waals surface area contributed by atoms with Gasteiger partial charge in [-0.15, -0.1) is 0 Å². The normalized spacial score (nSPS) is 12.0. The first kappa shape index (κ1) is 13.1. The molecule has 0 heterocycles. The Hall–Kier alpha value is 0.120. The summed E-state index contributed by atoms with van der Waals surface area (Å²) in [4.78, 5) is -0.881. The molecular formula is C6H2F3NaO2S. The van der Waals surface area contributed by atoms with Gasteiger partial charge in [0, 0.05) is 0 Å². The molecule has 13 heavy (non-hydrogen) atoms. The molecule has 1 unspecified atom stereocenters. The van der Waals surface area contributed by atoms with E-state index in [-0.39, 0.29) is 29.6 Å². The Kier molecular flexibility index (Phi) is 5.16. The molecule has 1 rings (SSSR count). The van der Waals surface area contributed by atoms with Crippen molar-refractivity contribution in [2.24, 2.45) is 0 Å². The Morgan fingerprint density at radius 2 is 1.69 bits per heavy atom. The van der Waals surface area contributed by atoms with E-state index in [2.05, 4.69) is 0 Å². The minimum atomic E-state index is -2.89. The smallest absolute Gasteiger partial charge is 0.768 e. The van der Waals surface area contributed by atoms with Gasteiger partial charge in [-0.25, -0.2) is 13.2 Å². The van der Waals surface area contributed by atoms with E-state index >= 15 is 0 Å². The van der Waals surface area contributed by atoms with Crippen LogP contribution in [-0.4, -0.2) is 8.76 Å². The number of hydrogen-bond donors (Lipinski definition) is 0. The zero-order valence-corrected chi connectivity index (χ0v) is 9.33. The van der Waals surface area contributed by atoms with Crippen LogP contribution in [0.2, 0.25) is 0 Å². The van der Waals surface area contributed by atoms with E-state index in [4.69, 9.17) is 0 Å². The fourth-order valence-electron chi connectivity index (χ4n) is 0.637. The molecular weight excluding hydrogens is 216 g/mol. The van der Waals surface area contributed by atoms with Crippen LogP contribution in [0.3, 0.4) is 0 Å². The third kappa shape index (κ3) is 2.78. The van der Waals surface area contributed by atoms with Crippen LogP contribution in [0, 0.1) is 17.5 Å². The van der Waals surface area contributed by atoms with Crippen molar-refractivity contribution in [3.8, 4) is 0 Å². The molecule has 0 aliphatic carbocycles. The summed E-state index contributed by atoms with van der Waals surface area (Å²) >= 11 is -2.89. The second-order valence-electron chi connectivity index (χ2n) is 1.91. The molecule has 0 saturated heterocycles. The molecule has 0 radical (unpaired) electrons. The van der Waals surface area contributed by atoms with Gasteiger partial charge in [-0.3, -0.25) is 4.21 Å². The maximum atomic E-state index is 12.5. The van der Waals surface area contributed by atoms with Crippen molar-refractivity contribution in [3.63, 3.8) is 0 Å². The van der Waals surface area contributed by atoms with Crippen LogP contribution in [0.15, 0.2) is 17.0 Å². The first-order valence-electron chi connectivity index (χ1n) is 2.77. The Bertz CT molecular complexity index is 345. The maximum absolute atomic E-state index is 12.5. The van der Waals surface area contributed by atoms with Gasteiger partial charge in [-0.2, -0.15) is 0 Å².